The maximum absolute atomic E-state index is 13.5. The normalized spacial score (nSPS) is 11.1. The Kier molecular flexibility index (Phi) is 6.02. The number of amides is 2. The number of rotatable bonds is 5. The summed E-state index contributed by atoms with van der Waals surface area (Å²) in [5.74, 6) is 0.0117. The number of nitrogens with zero attached hydrogens (tertiary/aromatic N) is 3. The number of urea groups is 1. The van der Waals surface area contributed by atoms with Crippen LogP contribution >= 0.6 is 11.6 Å². The van der Waals surface area contributed by atoms with Crippen LogP contribution < -0.4 is 16.4 Å². The van der Waals surface area contributed by atoms with E-state index in [0.717, 1.165) is 5.56 Å². The van der Waals surface area contributed by atoms with Crippen molar-refractivity contribution in [1.82, 2.24) is 14.5 Å². The quantitative estimate of drug-likeness (QED) is 0.342. The third-order valence-electron chi connectivity index (χ3n) is 5.29. The lowest BCUT2D eigenvalue weighted by molar-refractivity contribution is 0.104. The lowest BCUT2D eigenvalue weighted by Crippen LogP contribution is -2.20. The molecule has 0 radical (unpaired) electrons. The average molecular weight is 463 g/mol. The Labute approximate surface area is 195 Å². The number of hydrogen-bond donors (Lipinski definition) is 3. The van der Waals surface area contributed by atoms with Crippen LogP contribution in [0.15, 0.2) is 55.0 Å². The molecule has 0 saturated carbocycles. The lowest BCUT2D eigenvalue weighted by Gasteiger charge is -2.11. The van der Waals surface area contributed by atoms with Crippen LogP contribution in [-0.4, -0.2) is 26.3 Å². The first-order chi connectivity index (χ1) is 15.7. The van der Waals surface area contributed by atoms with Gasteiger partial charge in [-0.2, -0.15) is 0 Å². The standard InChI is InChI=1S/C24H23ClN6O2/c1-13(2)31-11-18(20-22(26)27-12-28-23(20)31)21(32)15-5-4-14(3)19(10-15)30-24(33)29-17-8-6-16(25)7-9-17/h4-13H,1-3H3,(H2,26,27,28)(H2,29,30,33). The summed E-state index contributed by atoms with van der Waals surface area (Å²) < 4.78 is 1.90. The maximum atomic E-state index is 13.5. The van der Waals surface area contributed by atoms with Gasteiger partial charge in [0, 0.05) is 34.2 Å². The van der Waals surface area contributed by atoms with E-state index in [1.807, 2.05) is 25.3 Å². The Morgan fingerprint density at radius 3 is 2.48 bits per heavy atom. The third-order valence-corrected chi connectivity index (χ3v) is 5.54. The number of benzene rings is 2. The minimum absolute atomic E-state index is 0.0789. The molecule has 0 spiro atoms. The highest BCUT2D eigenvalue weighted by Gasteiger charge is 2.22. The summed E-state index contributed by atoms with van der Waals surface area (Å²) in [5.41, 5.74) is 9.45. The molecule has 4 N–H and O–H groups in total. The summed E-state index contributed by atoms with van der Waals surface area (Å²) >= 11 is 5.88. The zero-order valence-electron chi connectivity index (χ0n) is 18.4. The van der Waals surface area contributed by atoms with E-state index >= 15 is 0 Å². The van der Waals surface area contributed by atoms with Crippen molar-refractivity contribution in [3.05, 3.63) is 76.7 Å². The Morgan fingerprint density at radius 2 is 1.79 bits per heavy atom. The van der Waals surface area contributed by atoms with Crippen LogP contribution in [0.1, 0.15) is 41.4 Å². The van der Waals surface area contributed by atoms with E-state index < -0.39 is 6.03 Å². The van der Waals surface area contributed by atoms with Crippen molar-refractivity contribution >= 4 is 51.6 Å². The van der Waals surface area contributed by atoms with Crippen molar-refractivity contribution in [2.45, 2.75) is 26.8 Å². The molecule has 33 heavy (non-hydrogen) atoms. The number of carbonyl (C=O) groups is 2. The van der Waals surface area contributed by atoms with Gasteiger partial charge in [0.15, 0.2) is 5.78 Å². The second-order valence-corrected chi connectivity index (χ2v) is 8.38. The van der Waals surface area contributed by atoms with Crippen LogP contribution in [0.4, 0.5) is 22.0 Å². The summed E-state index contributed by atoms with van der Waals surface area (Å²) in [5, 5.41) is 6.64. The molecule has 9 heteroatoms. The number of anilines is 3. The summed E-state index contributed by atoms with van der Waals surface area (Å²) in [6.45, 7) is 5.85. The smallest absolute Gasteiger partial charge is 0.323 e. The molecule has 2 heterocycles. The first-order valence-electron chi connectivity index (χ1n) is 10.3. The highest BCUT2D eigenvalue weighted by molar-refractivity contribution is 6.30. The molecule has 0 aliphatic heterocycles. The number of aryl methyl sites for hydroxylation is 1. The zero-order chi connectivity index (χ0) is 23.7. The van der Waals surface area contributed by atoms with Gasteiger partial charge in [-0.3, -0.25) is 4.79 Å². The number of carbonyl (C=O) groups excluding carboxylic acids is 2. The number of nitrogen functional groups attached to an aromatic ring is 1. The molecule has 2 aromatic carbocycles. The first-order valence-corrected chi connectivity index (χ1v) is 10.7. The number of nitrogens with one attached hydrogen (secondary N) is 2. The highest BCUT2D eigenvalue weighted by Crippen LogP contribution is 2.29. The van der Waals surface area contributed by atoms with Gasteiger partial charge in [-0.25, -0.2) is 14.8 Å². The Hall–Kier alpha value is -3.91. The Bertz CT molecular complexity index is 1360. The predicted octanol–water partition coefficient (Wildman–Crippen LogP) is 5.43. The molecular weight excluding hydrogens is 440 g/mol. The predicted molar refractivity (Wildman–Crippen MR) is 131 cm³/mol. The van der Waals surface area contributed by atoms with Crippen molar-refractivity contribution < 1.29 is 9.59 Å². The minimum Gasteiger partial charge on any atom is -0.383 e. The van der Waals surface area contributed by atoms with Crippen LogP contribution in [0.25, 0.3) is 11.0 Å². The van der Waals surface area contributed by atoms with E-state index in [1.165, 1.54) is 6.33 Å². The number of aromatic nitrogens is 3. The monoisotopic (exact) mass is 462 g/mol. The van der Waals surface area contributed by atoms with Crippen molar-refractivity contribution in [3.8, 4) is 0 Å². The summed E-state index contributed by atoms with van der Waals surface area (Å²) in [6.07, 6.45) is 3.14. The van der Waals surface area contributed by atoms with E-state index in [4.69, 9.17) is 17.3 Å². The molecule has 0 atom stereocenters. The van der Waals surface area contributed by atoms with E-state index in [-0.39, 0.29) is 17.6 Å². The second kappa shape index (κ2) is 8.91. The molecule has 4 aromatic rings. The zero-order valence-corrected chi connectivity index (χ0v) is 19.1. The number of fused-ring (bicyclic) bond motifs is 1. The molecule has 0 fully saturated rings. The summed E-state index contributed by atoms with van der Waals surface area (Å²) in [4.78, 5) is 34.3. The van der Waals surface area contributed by atoms with E-state index in [0.29, 0.717) is 38.6 Å². The van der Waals surface area contributed by atoms with Gasteiger partial charge >= 0.3 is 6.03 Å². The highest BCUT2D eigenvalue weighted by atomic mass is 35.5. The maximum Gasteiger partial charge on any atom is 0.323 e. The van der Waals surface area contributed by atoms with Gasteiger partial charge in [0.2, 0.25) is 0 Å². The molecule has 2 aromatic heterocycles. The summed E-state index contributed by atoms with van der Waals surface area (Å²) in [7, 11) is 0. The second-order valence-electron chi connectivity index (χ2n) is 7.95. The molecule has 4 rings (SSSR count). The van der Waals surface area contributed by atoms with Crippen LogP contribution in [-0.2, 0) is 0 Å². The van der Waals surface area contributed by atoms with E-state index in [1.54, 1.807) is 48.7 Å². The molecule has 2 amide bonds. The fourth-order valence-electron chi connectivity index (χ4n) is 3.55. The van der Waals surface area contributed by atoms with Gasteiger partial charge in [-0.15, -0.1) is 0 Å². The van der Waals surface area contributed by atoms with Crippen LogP contribution in [0.5, 0.6) is 0 Å². The molecule has 0 saturated heterocycles. The molecular formula is C24H23ClN6O2. The van der Waals surface area contributed by atoms with Crippen LogP contribution in [0.2, 0.25) is 5.02 Å². The molecule has 0 bridgehead atoms. The third kappa shape index (κ3) is 4.51. The molecule has 0 unspecified atom stereocenters. The fourth-order valence-corrected chi connectivity index (χ4v) is 3.67. The van der Waals surface area contributed by atoms with Gasteiger partial charge in [-0.1, -0.05) is 23.7 Å². The average Bonchev–Trinajstić information content (AvgIpc) is 3.18. The van der Waals surface area contributed by atoms with Crippen molar-refractivity contribution in [2.24, 2.45) is 0 Å². The van der Waals surface area contributed by atoms with Crippen molar-refractivity contribution in [1.29, 1.82) is 0 Å². The van der Waals surface area contributed by atoms with Gasteiger partial charge in [0.05, 0.1) is 10.9 Å². The Balaban J connectivity index is 1.64. The number of halogens is 1. The van der Waals surface area contributed by atoms with E-state index in [2.05, 4.69) is 20.6 Å². The topological polar surface area (TPSA) is 115 Å². The van der Waals surface area contributed by atoms with Gasteiger partial charge in [0.1, 0.15) is 17.8 Å². The lowest BCUT2D eigenvalue weighted by atomic mass is 10.0. The van der Waals surface area contributed by atoms with Crippen LogP contribution in [0, 0.1) is 6.92 Å². The SMILES string of the molecule is Cc1ccc(C(=O)c2cn(C(C)C)c3ncnc(N)c23)cc1NC(=O)Nc1ccc(Cl)cc1. The van der Waals surface area contributed by atoms with E-state index in [9.17, 15) is 9.59 Å². The van der Waals surface area contributed by atoms with Crippen molar-refractivity contribution in [3.63, 3.8) is 0 Å². The van der Waals surface area contributed by atoms with Gasteiger partial charge in [0.25, 0.3) is 0 Å². The molecule has 0 aliphatic carbocycles. The van der Waals surface area contributed by atoms with Crippen LogP contribution in [0.3, 0.4) is 0 Å². The van der Waals surface area contributed by atoms with Gasteiger partial charge in [-0.05, 0) is 56.7 Å². The molecule has 0 aliphatic rings. The largest absolute Gasteiger partial charge is 0.383 e. The molecule has 8 nitrogen and oxygen atoms in total. The number of hydrogen-bond acceptors (Lipinski definition) is 5. The fraction of sp³-hybridized carbons (Fsp3) is 0.167. The summed E-state index contributed by atoms with van der Waals surface area (Å²) in [6, 6.07) is 11.6. The number of nitrogens with two attached hydrogens (primary N) is 1. The van der Waals surface area contributed by atoms with Crippen molar-refractivity contribution in [2.75, 3.05) is 16.4 Å². The first kappa shape index (κ1) is 22.3. The van der Waals surface area contributed by atoms with Gasteiger partial charge < -0.3 is 20.9 Å². The molecule has 168 valence electrons. The number of ketones is 1. The Morgan fingerprint density at radius 1 is 1.06 bits per heavy atom. The minimum atomic E-state index is -0.431.